The summed E-state index contributed by atoms with van der Waals surface area (Å²) in [6.07, 6.45) is -0.234. The fourth-order valence-electron chi connectivity index (χ4n) is 1.21. The van der Waals surface area contributed by atoms with Crippen molar-refractivity contribution >= 4 is 5.97 Å². The zero-order valence-corrected chi connectivity index (χ0v) is 8.61. The molecule has 0 fully saturated rings. The summed E-state index contributed by atoms with van der Waals surface area (Å²) in [5.74, 6) is 0.488. The van der Waals surface area contributed by atoms with Crippen LogP contribution in [-0.2, 0) is 9.53 Å². The lowest BCUT2D eigenvalue weighted by molar-refractivity contribution is -0.145. The van der Waals surface area contributed by atoms with E-state index < -0.39 is 0 Å². The molecule has 3 nitrogen and oxygen atoms in total. The summed E-state index contributed by atoms with van der Waals surface area (Å²) in [7, 11) is 1.61. The molecule has 0 saturated heterocycles. The Morgan fingerprint density at radius 3 is 2.71 bits per heavy atom. The molecule has 1 aromatic carbocycles. The minimum absolute atomic E-state index is 0.234. The molecular formula is C11H14O3. The van der Waals surface area contributed by atoms with Crippen LogP contribution in [-0.4, -0.2) is 13.1 Å². The molecular weight excluding hydrogens is 180 g/mol. The van der Waals surface area contributed by atoms with Gasteiger partial charge in [-0.1, -0.05) is 12.1 Å². The van der Waals surface area contributed by atoms with Crippen LogP contribution in [0, 0.1) is 0 Å². The third kappa shape index (κ3) is 2.76. The van der Waals surface area contributed by atoms with Crippen molar-refractivity contribution in [2.75, 3.05) is 7.11 Å². The number of ether oxygens (including phenoxy) is 2. The van der Waals surface area contributed by atoms with Crippen molar-refractivity contribution in [2.24, 2.45) is 0 Å². The maximum Gasteiger partial charge on any atom is 0.303 e. The van der Waals surface area contributed by atoms with Gasteiger partial charge in [-0.3, -0.25) is 4.79 Å². The molecule has 0 spiro atoms. The summed E-state index contributed by atoms with van der Waals surface area (Å²) in [6.45, 7) is 3.23. The maximum absolute atomic E-state index is 10.7. The first-order valence-electron chi connectivity index (χ1n) is 4.44. The summed E-state index contributed by atoms with van der Waals surface area (Å²) >= 11 is 0. The molecule has 0 heterocycles. The number of esters is 1. The molecule has 1 rings (SSSR count). The van der Waals surface area contributed by atoms with E-state index in [1.807, 2.05) is 31.2 Å². The zero-order chi connectivity index (χ0) is 10.6. The average molecular weight is 194 g/mol. The Morgan fingerprint density at radius 2 is 2.14 bits per heavy atom. The normalized spacial score (nSPS) is 11.9. The van der Waals surface area contributed by atoms with Gasteiger partial charge in [-0.2, -0.15) is 0 Å². The second-order valence-electron chi connectivity index (χ2n) is 3.03. The second kappa shape index (κ2) is 4.65. The Hall–Kier alpha value is -1.51. The molecule has 14 heavy (non-hydrogen) atoms. The first-order valence-corrected chi connectivity index (χ1v) is 4.44. The molecule has 1 aromatic rings. The van der Waals surface area contributed by atoms with E-state index in [0.717, 1.165) is 11.3 Å². The summed E-state index contributed by atoms with van der Waals surface area (Å²) in [5, 5.41) is 0. The van der Waals surface area contributed by atoms with E-state index in [0.29, 0.717) is 0 Å². The Labute approximate surface area is 83.6 Å². The Kier molecular flexibility index (Phi) is 3.51. The average Bonchev–Trinajstić information content (AvgIpc) is 2.17. The molecule has 0 bridgehead atoms. The molecule has 1 atom stereocenters. The van der Waals surface area contributed by atoms with Gasteiger partial charge in [0, 0.05) is 6.92 Å². The Bertz CT molecular complexity index is 320. The van der Waals surface area contributed by atoms with Crippen LogP contribution in [0.15, 0.2) is 24.3 Å². The van der Waals surface area contributed by atoms with E-state index in [1.165, 1.54) is 6.92 Å². The Morgan fingerprint density at radius 1 is 1.43 bits per heavy atom. The quantitative estimate of drug-likeness (QED) is 0.693. The van der Waals surface area contributed by atoms with Crippen LogP contribution in [0.3, 0.4) is 0 Å². The van der Waals surface area contributed by atoms with Crippen LogP contribution < -0.4 is 4.74 Å². The van der Waals surface area contributed by atoms with Crippen molar-refractivity contribution in [1.82, 2.24) is 0 Å². The molecule has 0 N–H and O–H groups in total. The predicted molar refractivity (Wildman–Crippen MR) is 53.2 cm³/mol. The molecule has 3 heteroatoms. The van der Waals surface area contributed by atoms with Crippen LogP contribution in [0.25, 0.3) is 0 Å². The lowest BCUT2D eigenvalue weighted by Gasteiger charge is -2.12. The highest BCUT2D eigenvalue weighted by atomic mass is 16.5. The van der Waals surface area contributed by atoms with Crippen molar-refractivity contribution in [3.8, 4) is 5.75 Å². The van der Waals surface area contributed by atoms with E-state index in [4.69, 9.17) is 9.47 Å². The molecule has 0 aliphatic heterocycles. The minimum Gasteiger partial charge on any atom is -0.497 e. The molecule has 0 radical (unpaired) electrons. The van der Waals surface area contributed by atoms with Crippen LogP contribution in [0.4, 0.5) is 0 Å². The largest absolute Gasteiger partial charge is 0.497 e. The highest BCUT2D eigenvalue weighted by Crippen LogP contribution is 2.21. The first-order chi connectivity index (χ1) is 6.63. The van der Waals surface area contributed by atoms with Crippen LogP contribution >= 0.6 is 0 Å². The third-order valence-corrected chi connectivity index (χ3v) is 1.91. The monoisotopic (exact) mass is 194 g/mol. The van der Waals surface area contributed by atoms with E-state index in [-0.39, 0.29) is 12.1 Å². The standard InChI is InChI=1S/C11H14O3/c1-8(14-9(2)12)10-5-4-6-11(7-10)13-3/h4-8H,1-3H3. The van der Waals surface area contributed by atoms with E-state index >= 15 is 0 Å². The van der Waals surface area contributed by atoms with Gasteiger partial charge in [0.1, 0.15) is 11.9 Å². The van der Waals surface area contributed by atoms with Gasteiger partial charge < -0.3 is 9.47 Å². The van der Waals surface area contributed by atoms with Gasteiger partial charge in [-0.25, -0.2) is 0 Å². The van der Waals surface area contributed by atoms with E-state index in [1.54, 1.807) is 7.11 Å². The third-order valence-electron chi connectivity index (χ3n) is 1.91. The van der Waals surface area contributed by atoms with Crippen molar-refractivity contribution < 1.29 is 14.3 Å². The molecule has 0 aliphatic rings. The number of hydrogen-bond acceptors (Lipinski definition) is 3. The lowest BCUT2D eigenvalue weighted by Crippen LogP contribution is -2.04. The van der Waals surface area contributed by atoms with Crippen LogP contribution in [0.5, 0.6) is 5.75 Å². The lowest BCUT2D eigenvalue weighted by atomic mass is 10.1. The highest BCUT2D eigenvalue weighted by molar-refractivity contribution is 5.66. The second-order valence-corrected chi connectivity index (χ2v) is 3.03. The fraction of sp³-hybridized carbons (Fsp3) is 0.364. The number of methoxy groups -OCH3 is 1. The topological polar surface area (TPSA) is 35.5 Å². The van der Waals surface area contributed by atoms with Gasteiger partial charge in [0.15, 0.2) is 0 Å². The van der Waals surface area contributed by atoms with Gasteiger partial charge in [-0.15, -0.1) is 0 Å². The van der Waals surface area contributed by atoms with E-state index in [9.17, 15) is 4.79 Å². The molecule has 0 amide bonds. The summed E-state index contributed by atoms with van der Waals surface area (Å²) in [4.78, 5) is 10.7. The van der Waals surface area contributed by atoms with Crippen LogP contribution in [0.2, 0.25) is 0 Å². The SMILES string of the molecule is COc1cccc(C(C)OC(C)=O)c1. The van der Waals surface area contributed by atoms with Gasteiger partial charge in [0.05, 0.1) is 7.11 Å². The Balaban J connectivity index is 2.78. The van der Waals surface area contributed by atoms with Crippen molar-refractivity contribution in [3.05, 3.63) is 29.8 Å². The summed E-state index contributed by atoms with van der Waals surface area (Å²) in [5.41, 5.74) is 0.930. The highest BCUT2D eigenvalue weighted by Gasteiger charge is 2.08. The number of benzene rings is 1. The van der Waals surface area contributed by atoms with E-state index in [2.05, 4.69) is 0 Å². The summed E-state index contributed by atoms with van der Waals surface area (Å²) < 4.78 is 10.1. The number of carbonyl (C=O) groups is 1. The molecule has 0 aromatic heterocycles. The molecule has 76 valence electrons. The molecule has 0 aliphatic carbocycles. The number of hydrogen-bond donors (Lipinski definition) is 0. The van der Waals surface area contributed by atoms with Gasteiger partial charge in [-0.05, 0) is 24.6 Å². The summed E-state index contributed by atoms with van der Waals surface area (Å²) in [6, 6.07) is 7.47. The van der Waals surface area contributed by atoms with Crippen molar-refractivity contribution in [3.63, 3.8) is 0 Å². The smallest absolute Gasteiger partial charge is 0.303 e. The van der Waals surface area contributed by atoms with Crippen molar-refractivity contribution in [1.29, 1.82) is 0 Å². The fourth-order valence-corrected chi connectivity index (χ4v) is 1.21. The van der Waals surface area contributed by atoms with Crippen LogP contribution in [0.1, 0.15) is 25.5 Å². The minimum atomic E-state index is -0.277. The number of carbonyl (C=O) groups excluding carboxylic acids is 1. The van der Waals surface area contributed by atoms with Crippen molar-refractivity contribution in [2.45, 2.75) is 20.0 Å². The predicted octanol–water partition coefficient (Wildman–Crippen LogP) is 2.32. The van der Waals surface area contributed by atoms with Gasteiger partial charge >= 0.3 is 5.97 Å². The first kappa shape index (κ1) is 10.6. The maximum atomic E-state index is 10.7. The molecule has 0 saturated carbocycles. The molecule has 1 unspecified atom stereocenters. The number of rotatable bonds is 3. The zero-order valence-electron chi connectivity index (χ0n) is 8.61. The van der Waals surface area contributed by atoms with Gasteiger partial charge in [0.2, 0.25) is 0 Å². The van der Waals surface area contributed by atoms with Gasteiger partial charge in [0.25, 0.3) is 0 Å².